The molecule has 20 heavy (non-hydrogen) atoms. The topological polar surface area (TPSA) is 89.1 Å². The van der Waals surface area contributed by atoms with Crippen molar-refractivity contribution in [3.63, 3.8) is 0 Å². The van der Waals surface area contributed by atoms with Gasteiger partial charge in [0, 0.05) is 29.5 Å². The number of nitrogen functional groups attached to an aromatic ring is 1. The first kappa shape index (κ1) is 12.9. The van der Waals surface area contributed by atoms with Gasteiger partial charge in [0.1, 0.15) is 0 Å². The second-order valence-corrected chi connectivity index (χ2v) is 5.54. The molecule has 3 rings (SSSR count). The number of nitrogens with zero attached hydrogens (tertiary/aromatic N) is 4. The van der Waals surface area contributed by atoms with E-state index in [0.717, 1.165) is 24.6 Å². The largest absolute Gasteiger partial charge is 0.378 e. The van der Waals surface area contributed by atoms with Crippen LogP contribution in [0.2, 0.25) is 0 Å². The van der Waals surface area contributed by atoms with Crippen LogP contribution in [0.3, 0.4) is 0 Å². The van der Waals surface area contributed by atoms with E-state index >= 15 is 0 Å². The van der Waals surface area contributed by atoms with Crippen molar-refractivity contribution in [1.82, 2.24) is 10.3 Å². The van der Waals surface area contributed by atoms with Gasteiger partial charge in [-0.05, 0) is 12.1 Å². The van der Waals surface area contributed by atoms with E-state index in [-0.39, 0.29) is 17.4 Å². The lowest BCUT2D eigenvalue weighted by Crippen LogP contribution is -2.64. The normalized spacial score (nSPS) is 15.3. The minimum Gasteiger partial charge on any atom is -0.361 e. The number of hydrogen-bond donors (Lipinski definition) is 1. The Bertz CT molecular complexity index is 610. The lowest BCUT2D eigenvalue weighted by Gasteiger charge is -2.18. The molecule has 104 valence electrons. The van der Waals surface area contributed by atoms with Gasteiger partial charge in [-0.1, -0.05) is 0 Å². The second-order valence-electron chi connectivity index (χ2n) is 4.31. The van der Waals surface area contributed by atoms with E-state index < -0.39 is 0 Å². The van der Waals surface area contributed by atoms with Crippen LogP contribution in [0, 0.1) is 0 Å². The van der Waals surface area contributed by atoms with Crippen LogP contribution in [0.25, 0.3) is 0 Å². The van der Waals surface area contributed by atoms with Crippen LogP contribution in [0.5, 0.6) is 0 Å². The van der Waals surface area contributed by atoms with Gasteiger partial charge in [0.05, 0.1) is 17.9 Å². The van der Waals surface area contributed by atoms with Gasteiger partial charge < -0.3 is 5.73 Å². The molecular weight excluding hydrogens is 278 g/mol. The average molecular weight is 292 g/mol. The molecule has 0 radical (unpaired) electrons. The third-order valence-corrected chi connectivity index (χ3v) is 3.99. The molecule has 0 bridgehead atoms. The van der Waals surface area contributed by atoms with E-state index in [2.05, 4.69) is 10.3 Å². The molecule has 8 heteroatoms. The highest BCUT2D eigenvalue weighted by molar-refractivity contribution is 7.99. The molecule has 3 heterocycles. The summed E-state index contributed by atoms with van der Waals surface area (Å²) in [6, 6.07) is 3.40. The minimum absolute atomic E-state index is 0.0251. The van der Waals surface area contributed by atoms with Crippen LogP contribution in [0.15, 0.2) is 29.0 Å². The number of nitrogens with two attached hydrogens (primary N) is 1. The monoisotopic (exact) mass is 292 g/mol. The zero-order valence-electron chi connectivity index (χ0n) is 10.7. The van der Waals surface area contributed by atoms with Crippen LogP contribution >= 0.6 is 11.8 Å². The number of carbonyl (C=O) groups excluding carboxylic acids is 1. The van der Waals surface area contributed by atoms with Gasteiger partial charge in [-0.25, -0.2) is 0 Å². The van der Waals surface area contributed by atoms with Crippen molar-refractivity contribution in [2.45, 2.75) is 0 Å². The van der Waals surface area contributed by atoms with Gasteiger partial charge in [-0.15, -0.1) is 0 Å². The maximum Gasteiger partial charge on any atom is 0.378 e. The van der Waals surface area contributed by atoms with E-state index in [0.29, 0.717) is 5.56 Å². The van der Waals surface area contributed by atoms with Gasteiger partial charge in [-0.2, -0.15) is 16.8 Å². The van der Waals surface area contributed by atoms with Crippen molar-refractivity contribution < 1.29 is 14.1 Å². The number of aromatic nitrogens is 3. The standard InChI is InChI=1S/C12H13N5O2S/c13-12-10(11(18)9-2-1-3-14-8-9)17(15-19-12)16-4-6-20-7-5-16/h1-3,8H,4-7H2,(H-,13,15,18)/p+1. The first-order valence-electron chi connectivity index (χ1n) is 6.22. The predicted molar refractivity (Wildman–Crippen MR) is 74.1 cm³/mol. The summed E-state index contributed by atoms with van der Waals surface area (Å²) in [5.41, 5.74) is 6.48. The van der Waals surface area contributed by atoms with E-state index in [9.17, 15) is 4.79 Å². The molecule has 0 aliphatic carbocycles. The lowest BCUT2D eigenvalue weighted by atomic mass is 10.1. The van der Waals surface area contributed by atoms with Gasteiger partial charge in [-0.3, -0.25) is 14.3 Å². The summed E-state index contributed by atoms with van der Waals surface area (Å²) in [5.74, 6) is 1.76. The van der Waals surface area contributed by atoms with Gasteiger partial charge in [0.15, 0.2) is 0 Å². The molecule has 1 saturated heterocycles. The molecule has 2 aromatic heterocycles. The molecular formula is C12H14N5O2S+. The highest BCUT2D eigenvalue weighted by Gasteiger charge is 2.36. The molecule has 1 fully saturated rings. The Balaban J connectivity index is 1.96. The van der Waals surface area contributed by atoms with E-state index in [4.69, 9.17) is 10.3 Å². The summed E-state index contributed by atoms with van der Waals surface area (Å²) in [4.78, 5) is 17.9. The zero-order valence-corrected chi connectivity index (χ0v) is 11.5. The summed E-state index contributed by atoms with van der Waals surface area (Å²) < 4.78 is 4.99. The fourth-order valence-corrected chi connectivity index (χ4v) is 2.92. The number of rotatable bonds is 3. The number of carbonyl (C=O) groups is 1. The second kappa shape index (κ2) is 5.49. The molecule has 0 saturated carbocycles. The Labute approximate surface area is 119 Å². The summed E-state index contributed by atoms with van der Waals surface area (Å²) in [5, 5.41) is 5.84. The fourth-order valence-electron chi connectivity index (χ4n) is 2.04. The highest BCUT2D eigenvalue weighted by Crippen LogP contribution is 2.13. The highest BCUT2D eigenvalue weighted by atomic mass is 32.2. The molecule has 0 spiro atoms. The van der Waals surface area contributed by atoms with Gasteiger partial charge >= 0.3 is 11.6 Å². The molecule has 7 nitrogen and oxygen atoms in total. The average Bonchev–Trinajstić information content (AvgIpc) is 2.90. The Morgan fingerprint density at radius 1 is 1.45 bits per heavy atom. The SMILES string of the molecule is Nc1on[n+](N2CCSCC2)c1C(=O)c1cccnc1. The molecule has 2 aromatic rings. The van der Waals surface area contributed by atoms with Crippen molar-refractivity contribution in [1.29, 1.82) is 0 Å². The number of hydrogen-bond acceptors (Lipinski definition) is 7. The Morgan fingerprint density at radius 2 is 2.25 bits per heavy atom. The molecule has 0 unspecified atom stereocenters. The fraction of sp³-hybridized carbons (Fsp3) is 0.333. The molecule has 1 aliphatic heterocycles. The third-order valence-electron chi connectivity index (χ3n) is 3.04. The van der Waals surface area contributed by atoms with Crippen molar-refractivity contribution in [3.8, 4) is 0 Å². The maximum absolute atomic E-state index is 12.5. The number of anilines is 1. The minimum atomic E-state index is -0.241. The van der Waals surface area contributed by atoms with Crippen molar-refractivity contribution in [3.05, 3.63) is 35.8 Å². The van der Waals surface area contributed by atoms with Crippen molar-refractivity contribution >= 4 is 23.4 Å². The van der Waals surface area contributed by atoms with E-state index in [1.807, 2.05) is 16.8 Å². The van der Waals surface area contributed by atoms with Crippen LogP contribution in [-0.4, -0.2) is 40.6 Å². The maximum atomic E-state index is 12.5. The van der Waals surface area contributed by atoms with E-state index in [1.165, 1.54) is 11.0 Å². The summed E-state index contributed by atoms with van der Waals surface area (Å²) in [7, 11) is 0. The van der Waals surface area contributed by atoms with E-state index in [1.54, 1.807) is 18.3 Å². The summed E-state index contributed by atoms with van der Waals surface area (Å²) in [6.07, 6.45) is 3.12. The molecule has 0 atom stereocenters. The Morgan fingerprint density at radius 3 is 2.95 bits per heavy atom. The Hall–Kier alpha value is -2.09. The van der Waals surface area contributed by atoms with Gasteiger partial charge in [0.25, 0.3) is 5.78 Å². The zero-order chi connectivity index (χ0) is 13.9. The van der Waals surface area contributed by atoms with Crippen LogP contribution in [0.4, 0.5) is 5.88 Å². The molecule has 0 aromatic carbocycles. The molecule has 2 N–H and O–H groups in total. The lowest BCUT2D eigenvalue weighted by molar-refractivity contribution is -0.759. The first-order chi connectivity index (χ1) is 9.77. The number of ketones is 1. The summed E-state index contributed by atoms with van der Waals surface area (Å²) in [6.45, 7) is 1.60. The number of thioether (sulfide) groups is 1. The van der Waals surface area contributed by atoms with Crippen LogP contribution in [0.1, 0.15) is 16.1 Å². The smallest absolute Gasteiger partial charge is 0.361 e. The quantitative estimate of drug-likeness (QED) is 0.622. The predicted octanol–water partition coefficient (Wildman–Crippen LogP) is -0.145. The number of pyridine rings is 1. The molecule has 1 aliphatic rings. The van der Waals surface area contributed by atoms with Crippen LogP contribution < -0.4 is 15.5 Å². The van der Waals surface area contributed by atoms with Crippen molar-refractivity contribution in [2.24, 2.45) is 0 Å². The summed E-state index contributed by atoms with van der Waals surface area (Å²) >= 11 is 1.87. The third kappa shape index (κ3) is 2.34. The van der Waals surface area contributed by atoms with Crippen LogP contribution in [-0.2, 0) is 0 Å². The van der Waals surface area contributed by atoms with Gasteiger partial charge in [0.2, 0.25) is 5.27 Å². The molecule has 0 amide bonds. The first-order valence-corrected chi connectivity index (χ1v) is 7.38. The Kier molecular flexibility index (Phi) is 3.55. The van der Waals surface area contributed by atoms with Crippen molar-refractivity contribution in [2.75, 3.05) is 35.3 Å².